The van der Waals surface area contributed by atoms with Crippen molar-refractivity contribution in [2.75, 3.05) is 26.2 Å². The number of H-pyrrole nitrogens is 1. The van der Waals surface area contributed by atoms with Gasteiger partial charge >= 0.3 is 17.8 Å². The zero-order valence-corrected chi connectivity index (χ0v) is 18.1. The minimum Gasteiger partial charge on any atom is -0.475 e. The molecule has 3 N–H and O–H groups in total. The number of benzene rings is 1. The van der Waals surface area contributed by atoms with E-state index in [4.69, 9.17) is 9.90 Å². The Morgan fingerprint density at radius 1 is 1.12 bits per heavy atom. The number of carboxylic acids is 1. The molecule has 3 heterocycles. The zero-order valence-electron chi connectivity index (χ0n) is 18.1. The number of fused-ring (bicyclic) bond motifs is 1. The van der Waals surface area contributed by atoms with Gasteiger partial charge in [-0.25, -0.2) is 9.59 Å². The molecule has 3 aromatic rings. The lowest BCUT2D eigenvalue weighted by atomic mass is 10.0. The van der Waals surface area contributed by atoms with Crippen LogP contribution in [0.4, 0.5) is 13.2 Å². The van der Waals surface area contributed by atoms with Gasteiger partial charge < -0.3 is 20.3 Å². The van der Waals surface area contributed by atoms with E-state index in [0.717, 1.165) is 43.5 Å². The molecule has 9 nitrogen and oxygen atoms in total. The molecule has 0 unspecified atom stereocenters. The minimum atomic E-state index is -5.08. The first-order valence-electron chi connectivity index (χ1n) is 10.6. The Morgan fingerprint density at radius 2 is 1.74 bits per heavy atom. The van der Waals surface area contributed by atoms with Crippen molar-refractivity contribution in [3.63, 3.8) is 0 Å². The van der Waals surface area contributed by atoms with E-state index in [1.807, 2.05) is 28.8 Å². The summed E-state index contributed by atoms with van der Waals surface area (Å²) in [6.07, 6.45) is 0.0127. The molecular weight excluding hydrogens is 455 g/mol. The van der Waals surface area contributed by atoms with Gasteiger partial charge in [0.25, 0.3) is 5.91 Å². The Kier molecular flexibility index (Phi) is 8.05. The average molecular weight is 479 g/mol. The van der Waals surface area contributed by atoms with Gasteiger partial charge in [0.15, 0.2) is 0 Å². The zero-order chi connectivity index (χ0) is 24.7. The SMILES string of the molecule is O=C(NCCN1CCC(n2c(=O)[nH]c3ccccc32)CC1)c1ccncc1.O=C(O)C(F)(F)F. The summed E-state index contributed by atoms with van der Waals surface area (Å²) in [6.45, 7) is 3.26. The Hall–Kier alpha value is -3.67. The highest BCUT2D eigenvalue weighted by atomic mass is 19.4. The van der Waals surface area contributed by atoms with Gasteiger partial charge in [-0.3, -0.25) is 14.3 Å². The first-order valence-corrected chi connectivity index (χ1v) is 10.6. The predicted octanol–water partition coefficient (Wildman–Crippen LogP) is 2.42. The number of carbonyl (C=O) groups excluding carboxylic acids is 1. The van der Waals surface area contributed by atoms with Crippen LogP contribution in [0.1, 0.15) is 29.2 Å². The van der Waals surface area contributed by atoms with Gasteiger partial charge in [0.1, 0.15) is 0 Å². The van der Waals surface area contributed by atoms with Crippen molar-refractivity contribution >= 4 is 22.9 Å². The number of nitrogens with one attached hydrogen (secondary N) is 2. The van der Waals surface area contributed by atoms with Gasteiger partial charge in [0.2, 0.25) is 0 Å². The fraction of sp³-hybridized carbons (Fsp3) is 0.364. The maximum atomic E-state index is 12.3. The molecule has 12 heteroatoms. The Bertz CT molecular complexity index is 1170. The summed E-state index contributed by atoms with van der Waals surface area (Å²) >= 11 is 0. The van der Waals surface area contributed by atoms with Crippen LogP contribution in [0.25, 0.3) is 11.0 Å². The maximum Gasteiger partial charge on any atom is 0.490 e. The number of amides is 1. The number of likely N-dealkylation sites (tertiary alicyclic amines) is 1. The molecule has 34 heavy (non-hydrogen) atoms. The van der Waals surface area contributed by atoms with E-state index in [-0.39, 0.29) is 17.6 Å². The number of nitrogens with zero attached hydrogens (tertiary/aromatic N) is 3. The number of pyridine rings is 1. The van der Waals surface area contributed by atoms with Crippen molar-refractivity contribution in [2.24, 2.45) is 0 Å². The lowest BCUT2D eigenvalue weighted by Gasteiger charge is -2.32. The van der Waals surface area contributed by atoms with Crippen LogP contribution >= 0.6 is 0 Å². The van der Waals surface area contributed by atoms with E-state index >= 15 is 0 Å². The summed E-state index contributed by atoms with van der Waals surface area (Å²) in [7, 11) is 0. The fourth-order valence-corrected chi connectivity index (χ4v) is 3.77. The largest absolute Gasteiger partial charge is 0.490 e. The number of rotatable bonds is 5. The number of aliphatic carboxylic acids is 1. The van der Waals surface area contributed by atoms with Crippen LogP contribution in [0, 0.1) is 0 Å². The Morgan fingerprint density at radius 3 is 2.35 bits per heavy atom. The summed E-state index contributed by atoms with van der Waals surface area (Å²) in [5, 5.41) is 10.1. The highest BCUT2D eigenvalue weighted by Gasteiger charge is 2.38. The third-order valence-corrected chi connectivity index (χ3v) is 5.44. The molecule has 2 aromatic heterocycles. The number of alkyl halides is 3. The molecule has 182 valence electrons. The van der Waals surface area contributed by atoms with Gasteiger partial charge in [0.05, 0.1) is 11.0 Å². The van der Waals surface area contributed by atoms with Crippen LogP contribution in [0.2, 0.25) is 0 Å². The van der Waals surface area contributed by atoms with E-state index < -0.39 is 12.1 Å². The predicted molar refractivity (Wildman–Crippen MR) is 118 cm³/mol. The normalized spacial score (nSPS) is 14.9. The van der Waals surface area contributed by atoms with E-state index in [1.54, 1.807) is 24.5 Å². The summed E-state index contributed by atoms with van der Waals surface area (Å²) in [5.74, 6) is -2.83. The molecule has 1 aliphatic heterocycles. The van der Waals surface area contributed by atoms with Crippen molar-refractivity contribution in [3.8, 4) is 0 Å². The standard InChI is InChI=1S/C20H23N5O2.C2HF3O2/c26-19(15-5-9-21-10-6-15)22-11-14-24-12-7-16(8-13-24)25-18-4-2-1-3-17(18)23-20(25)27;3-2(4,5)1(6)7/h1-6,9-10,16H,7-8,11-14H2,(H,22,26)(H,23,27);(H,6,7). The Balaban J connectivity index is 0.000000406. The van der Waals surface area contributed by atoms with Crippen molar-refractivity contribution in [1.29, 1.82) is 0 Å². The average Bonchev–Trinajstić information content (AvgIpc) is 3.15. The van der Waals surface area contributed by atoms with Crippen LogP contribution in [-0.4, -0.2) is 68.8 Å². The van der Waals surface area contributed by atoms with E-state index in [1.165, 1.54) is 0 Å². The molecule has 0 atom stereocenters. The molecular formula is C22H24F3N5O4. The molecule has 1 fully saturated rings. The lowest BCUT2D eigenvalue weighted by Crippen LogP contribution is -2.41. The lowest BCUT2D eigenvalue weighted by molar-refractivity contribution is -0.192. The number of carboxylic acid groups (broad SMARTS) is 1. The third-order valence-electron chi connectivity index (χ3n) is 5.44. The van der Waals surface area contributed by atoms with Crippen molar-refractivity contribution in [3.05, 3.63) is 64.8 Å². The number of para-hydroxylation sites is 2. The van der Waals surface area contributed by atoms with E-state index in [2.05, 4.69) is 20.2 Å². The highest BCUT2D eigenvalue weighted by Crippen LogP contribution is 2.24. The van der Waals surface area contributed by atoms with Crippen molar-refractivity contribution in [1.82, 2.24) is 24.8 Å². The second-order valence-electron chi connectivity index (χ2n) is 7.68. The monoisotopic (exact) mass is 479 g/mol. The smallest absolute Gasteiger partial charge is 0.475 e. The summed E-state index contributed by atoms with van der Waals surface area (Å²) in [5.41, 5.74) is 2.47. The number of carbonyl (C=O) groups is 2. The first kappa shape index (κ1) is 25.0. The van der Waals surface area contributed by atoms with Gasteiger partial charge in [-0.2, -0.15) is 13.2 Å². The number of piperidine rings is 1. The molecule has 0 saturated carbocycles. The van der Waals surface area contributed by atoms with Crippen molar-refractivity contribution in [2.45, 2.75) is 25.1 Å². The molecule has 0 bridgehead atoms. The summed E-state index contributed by atoms with van der Waals surface area (Å²) < 4.78 is 33.6. The number of aromatic nitrogens is 3. The molecule has 0 spiro atoms. The highest BCUT2D eigenvalue weighted by molar-refractivity contribution is 5.93. The van der Waals surface area contributed by atoms with Gasteiger partial charge in [-0.15, -0.1) is 0 Å². The Labute approximate surface area is 192 Å². The summed E-state index contributed by atoms with van der Waals surface area (Å²) in [6, 6.07) is 11.5. The molecule has 0 aliphatic carbocycles. The molecule has 1 saturated heterocycles. The van der Waals surface area contributed by atoms with Crippen LogP contribution in [-0.2, 0) is 4.79 Å². The second kappa shape index (κ2) is 11.0. The van der Waals surface area contributed by atoms with E-state index in [0.29, 0.717) is 12.1 Å². The fourth-order valence-electron chi connectivity index (χ4n) is 3.77. The first-order chi connectivity index (χ1) is 16.2. The van der Waals surface area contributed by atoms with E-state index in [9.17, 15) is 22.8 Å². The number of aromatic amines is 1. The van der Waals surface area contributed by atoms with Crippen LogP contribution < -0.4 is 11.0 Å². The second-order valence-corrected chi connectivity index (χ2v) is 7.68. The minimum absolute atomic E-state index is 0.0285. The molecule has 1 aliphatic rings. The summed E-state index contributed by atoms with van der Waals surface area (Å²) in [4.78, 5) is 42.5. The number of imidazole rings is 1. The van der Waals surface area contributed by atoms with Crippen LogP contribution in [0.15, 0.2) is 53.6 Å². The number of halogens is 3. The third kappa shape index (κ3) is 6.44. The molecule has 1 aromatic carbocycles. The van der Waals surface area contributed by atoms with Crippen LogP contribution in [0.5, 0.6) is 0 Å². The van der Waals surface area contributed by atoms with Gasteiger partial charge in [-0.1, -0.05) is 12.1 Å². The number of hydrogen-bond acceptors (Lipinski definition) is 5. The maximum absolute atomic E-state index is 12.3. The molecule has 4 rings (SSSR count). The van der Waals surface area contributed by atoms with Crippen molar-refractivity contribution < 1.29 is 27.9 Å². The van der Waals surface area contributed by atoms with Crippen LogP contribution in [0.3, 0.4) is 0 Å². The quantitative estimate of drug-likeness (QED) is 0.517. The topological polar surface area (TPSA) is 120 Å². The molecule has 1 amide bonds. The number of hydrogen-bond donors (Lipinski definition) is 3. The van der Waals surface area contributed by atoms with Gasteiger partial charge in [-0.05, 0) is 37.1 Å². The molecule has 0 radical (unpaired) electrons. The van der Waals surface area contributed by atoms with Gasteiger partial charge in [0, 0.05) is 50.2 Å².